The zero-order valence-electron chi connectivity index (χ0n) is 6.44. The van der Waals surface area contributed by atoms with E-state index < -0.39 is 6.29 Å². The van der Waals surface area contributed by atoms with Crippen LogP contribution in [0.4, 0.5) is 0 Å². The quantitative estimate of drug-likeness (QED) is 0.526. The fraction of sp³-hybridized carbons (Fsp3) is 1.00. The van der Waals surface area contributed by atoms with Crippen molar-refractivity contribution in [3.63, 3.8) is 0 Å². The number of ether oxygens (including phenoxy) is 1. The molecule has 1 saturated heterocycles. The molecule has 0 bridgehead atoms. The molecule has 0 aromatic carbocycles. The number of rotatable bonds is 0. The van der Waals surface area contributed by atoms with E-state index in [-0.39, 0.29) is 12.0 Å². The SMILES string of the molecule is OC1CCCC2COC(O)C12. The fourth-order valence-corrected chi connectivity index (χ4v) is 2.24. The summed E-state index contributed by atoms with van der Waals surface area (Å²) >= 11 is 0. The molecule has 2 N–H and O–H groups in total. The van der Waals surface area contributed by atoms with Gasteiger partial charge in [0, 0.05) is 5.92 Å². The minimum atomic E-state index is -0.713. The van der Waals surface area contributed by atoms with E-state index in [2.05, 4.69) is 0 Å². The summed E-state index contributed by atoms with van der Waals surface area (Å²) in [5, 5.41) is 18.8. The van der Waals surface area contributed by atoms with E-state index in [9.17, 15) is 10.2 Å². The highest BCUT2D eigenvalue weighted by atomic mass is 16.6. The molecule has 1 aliphatic carbocycles. The Morgan fingerprint density at radius 1 is 1.18 bits per heavy atom. The summed E-state index contributed by atoms with van der Waals surface area (Å²) in [6, 6.07) is 0. The minimum Gasteiger partial charge on any atom is -0.393 e. The van der Waals surface area contributed by atoms with Gasteiger partial charge in [0.1, 0.15) is 0 Å². The average Bonchev–Trinajstić information content (AvgIpc) is 2.34. The summed E-state index contributed by atoms with van der Waals surface area (Å²) < 4.78 is 5.07. The lowest BCUT2D eigenvalue weighted by molar-refractivity contribution is -0.111. The Labute approximate surface area is 66.0 Å². The lowest BCUT2D eigenvalue weighted by Gasteiger charge is -2.29. The van der Waals surface area contributed by atoms with Gasteiger partial charge in [0.05, 0.1) is 12.7 Å². The van der Waals surface area contributed by atoms with Gasteiger partial charge in [0.25, 0.3) is 0 Å². The van der Waals surface area contributed by atoms with Crippen molar-refractivity contribution in [2.75, 3.05) is 6.61 Å². The fourth-order valence-electron chi connectivity index (χ4n) is 2.24. The topological polar surface area (TPSA) is 49.7 Å². The lowest BCUT2D eigenvalue weighted by Crippen LogP contribution is -2.35. The molecule has 64 valence electrons. The summed E-state index contributed by atoms with van der Waals surface area (Å²) in [5.74, 6) is 0.387. The van der Waals surface area contributed by atoms with E-state index in [0.29, 0.717) is 12.5 Å². The first-order valence-electron chi connectivity index (χ1n) is 4.27. The van der Waals surface area contributed by atoms with Gasteiger partial charge in [0.2, 0.25) is 0 Å². The Kier molecular flexibility index (Phi) is 1.87. The smallest absolute Gasteiger partial charge is 0.160 e. The minimum absolute atomic E-state index is 0.0104. The van der Waals surface area contributed by atoms with Crippen LogP contribution in [0.3, 0.4) is 0 Å². The van der Waals surface area contributed by atoms with E-state index in [1.807, 2.05) is 0 Å². The van der Waals surface area contributed by atoms with Crippen molar-refractivity contribution in [1.29, 1.82) is 0 Å². The maximum absolute atomic E-state index is 9.51. The van der Waals surface area contributed by atoms with E-state index in [1.54, 1.807) is 0 Å². The lowest BCUT2D eigenvalue weighted by atomic mass is 9.79. The van der Waals surface area contributed by atoms with Crippen molar-refractivity contribution in [3.05, 3.63) is 0 Å². The van der Waals surface area contributed by atoms with E-state index in [1.165, 1.54) is 0 Å². The summed E-state index contributed by atoms with van der Waals surface area (Å²) in [6.45, 7) is 0.628. The van der Waals surface area contributed by atoms with Gasteiger partial charge in [-0.25, -0.2) is 0 Å². The Balaban J connectivity index is 2.08. The van der Waals surface area contributed by atoms with E-state index >= 15 is 0 Å². The second-order valence-corrected chi connectivity index (χ2v) is 3.56. The highest BCUT2D eigenvalue weighted by Crippen LogP contribution is 2.37. The Hall–Kier alpha value is -0.120. The van der Waals surface area contributed by atoms with Gasteiger partial charge in [-0.15, -0.1) is 0 Å². The maximum atomic E-state index is 9.51. The molecule has 4 atom stereocenters. The molecule has 0 aromatic rings. The molecule has 0 amide bonds. The number of hydrogen-bond acceptors (Lipinski definition) is 3. The van der Waals surface area contributed by atoms with Crippen LogP contribution < -0.4 is 0 Å². The summed E-state index contributed by atoms with van der Waals surface area (Å²) in [7, 11) is 0. The third-order valence-corrected chi connectivity index (χ3v) is 2.87. The van der Waals surface area contributed by atoms with Crippen LogP contribution in [0.2, 0.25) is 0 Å². The van der Waals surface area contributed by atoms with Crippen LogP contribution in [-0.4, -0.2) is 29.2 Å². The van der Waals surface area contributed by atoms with Gasteiger partial charge in [-0.3, -0.25) is 0 Å². The molecule has 1 saturated carbocycles. The Bertz CT molecular complexity index is 146. The molecular weight excluding hydrogens is 144 g/mol. The Morgan fingerprint density at radius 3 is 2.73 bits per heavy atom. The third-order valence-electron chi connectivity index (χ3n) is 2.87. The van der Waals surface area contributed by atoms with Crippen molar-refractivity contribution >= 4 is 0 Å². The molecule has 2 rings (SSSR count). The van der Waals surface area contributed by atoms with Crippen molar-refractivity contribution < 1.29 is 14.9 Å². The molecule has 4 unspecified atom stereocenters. The van der Waals surface area contributed by atoms with Crippen LogP contribution in [0.5, 0.6) is 0 Å². The molecular formula is C8H14O3. The highest BCUT2D eigenvalue weighted by Gasteiger charge is 2.42. The van der Waals surface area contributed by atoms with Gasteiger partial charge in [-0.05, 0) is 18.8 Å². The largest absolute Gasteiger partial charge is 0.393 e. The summed E-state index contributed by atoms with van der Waals surface area (Å²) in [4.78, 5) is 0. The standard InChI is InChI=1S/C8H14O3/c9-6-3-1-2-5-4-11-8(10)7(5)6/h5-10H,1-4H2. The normalized spacial score (nSPS) is 50.7. The number of hydrogen-bond donors (Lipinski definition) is 2. The highest BCUT2D eigenvalue weighted by molar-refractivity contribution is 4.87. The molecule has 1 aliphatic heterocycles. The van der Waals surface area contributed by atoms with E-state index in [0.717, 1.165) is 19.3 Å². The molecule has 2 fully saturated rings. The van der Waals surface area contributed by atoms with Gasteiger partial charge in [-0.1, -0.05) is 6.42 Å². The first-order chi connectivity index (χ1) is 5.29. The van der Waals surface area contributed by atoms with Gasteiger partial charge in [0.15, 0.2) is 6.29 Å². The molecule has 2 aliphatic rings. The van der Waals surface area contributed by atoms with Crippen molar-refractivity contribution in [1.82, 2.24) is 0 Å². The van der Waals surface area contributed by atoms with Gasteiger partial charge < -0.3 is 14.9 Å². The van der Waals surface area contributed by atoms with Gasteiger partial charge >= 0.3 is 0 Å². The van der Waals surface area contributed by atoms with E-state index in [4.69, 9.17) is 4.74 Å². The molecule has 3 heteroatoms. The molecule has 11 heavy (non-hydrogen) atoms. The van der Waals surface area contributed by atoms with Crippen molar-refractivity contribution in [2.45, 2.75) is 31.7 Å². The second-order valence-electron chi connectivity index (χ2n) is 3.56. The molecule has 0 aromatic heterocycles. The van der Waals surface area contributed by atoms with Crippen LogP contribution in [0.25, 0.3) is 0 Å². The monoisotopic (exact) mass is 158 g/mol. The predicted octanol–water partition coefficient (Wildman–Crippen LogP) is 0.112. The summed E-state index contributed by atoms with van der Waals surface area (Å²) in [6.07, 6.45) is 1.93. The van der Waals surface area contributed by atoms with Crippen molar-refractivity contribution in [2.24, 2.45) is 11.8 Å². The number of fused-ring (bicyclic) bond motifs is 1. The molecule has 3 nitrogen and oxygen atoms in total. The second kappa shape index (κ2) is 2.73. The average molecular weight is 158 g/mol. The maximum Gasteiger partial charge on any atom is 0.160 e. The summed E-state index contributed by atoms with van der Waals surface area (Å²) in [5.41, 5.74) is 0. The third kappa shape index (κ3) is 1.17. The van der Waals surface area contributed by atoms with Crippen LogP contribution in [0.15, 0.2) is 0 Å². The molecule has 0 radical (unpaired) electrons. The van der Waals surface area contributed by atoms with Crippen molar-refractivity contribution in [3.8, 4) is 0 Å². The zero-order valence-corrected chi connectivity index (χ0v) is 6.44. The van der Waals surface area contributed by atoms with Gasteiger partial charge in [-0.2, -0.15) is 0 Å². The van der Waals surface area contributed by atoms with Crippen LogP contribution in [0, 0.1) is 11.8 Å². The zero-order chi connectivity index (χ0) is 7.84. The first kappa shape index (κ1) is 7.53. The Morgan fingerprint density at radius 2 is 2.00 bits per heavy atom. The number of aliphatic hydroxyl groups is 2. The number of aliphatic hydroxyl groups excluding tert-OH is 2. The first-order valence-corrected chi connectivity index (χ1v) is 4.27. The molecule has 1 heterocycles. The predicted molar refractivity (Wildman–Crippen MR) is 38.8 cm³/mol. The van der Waals surface area contributed by atoms with Crippen LogP contribution in [0.1, 0.15) is 19.3 Å². The molecule has 0 spiro atoms. The van der Waals surface area contributed by atoms with Crippen LogP contribution in [-0.2, 0) is 4.74 Å². The van der Waals surface area contributed by atoms with Crippen LogP contribution >= 0.6 is 0 Å².